The summed E-state index contributed by atoms with van der Waals surface area (Å²) < 4.78 is 2.50. The van der Waals surface area contributed by atoms with Crippen LogP contribution in [0.25, 0.3) is 55.3 Å². The molecule has 0 saturated carbocycles. The minimum atomic E-state index is 1.03. The lowest BCUT2D eigenvalue weighted by molar-refractivity contribution is 1.04. The number of fused-ring (bicyclic) bond motifs is 3. The first-order valence-electron chi connectivity index (χ1n) is 14.2. The van der Waals surface area contributed by atoms with Crippen molar-refractivity contribution in [1.29, 1.82) is 0 Å². The highest BCUT2D eigenvalue weighted by Crippen LogP contribution is 2.39. The summed E-state index contributed by atoms with van der Waals surface area (Å²) in [6.45, 7) is 6.52. The maximum absolute atomic E-state index is 2.50. The van der Waals surface area contributed by atoms with E-state index < -0.39 is 0 Å². The molecule has 5 aromatic carbocycles. The maximum atomic E-state index is 2.50. The lowest BCUT2D eigenvalue weighted by atomic mass is 9.96. The Morgan fingerprint density at radius 2 is 1.20 bits per heavy atom. The van der Waals surface area contributed by atoms with E-state index in [9.17, 15) is 0 Å². The van der Waals surface area contributed by atoms with Gasteiger partial charge in [-0.1, -0.05) is 114 Å². The summed E-state index contributed by atoms with van der Waals surface area (Å²) in [5, 5.41) is 2.58. The molecule has 1 aliphatic rings. The van der Waals surface area contributed by atoms with Crippen LogP contribution in [0.1, 0.15) is 35.1 Å². The van der Waals surface area contributed by atoms with Crippen molar-refractivity contribution < 1.29 is 0 Å². The van der Waals surface area contributed by atoms with Crippen molar-refractivity contribution >= 4 is 33.1 Å². The zero-order valence-corrected chi connectivity index (χ0v) is 23.4. The molecule has 1 heterocycles. The van der Waals surface area contributed by atoms with Crippen LogP contribution in [-0.4, -0.2) is 4.57 Å². The van der Waals surface area contributed by atoms with Gasteiger partial charge in [0.2, 0.25) is 0 Å². The molecule has 1 aromatic heterocycles. The van der Waals surface area contributed by atoms with Gasteiger partial charge in [-0.2, -0.15) is 0 Å². The molecule has 0 saturated heterocycles. The third-order valence-corrected chi connectivity index (χ3v) is 8.34. The van der Waals surface area contributed by atoms with Crippen molar-refractivity contribution in [3.63, 3.8) is 0 Å². The fraction of sp³-hybridized carbons (Fsp3) is 0.128. The molecule has 0 radical (unpaired) electrons. The largest absolute Gasteiger partial charge is 0.310 e. The normalized spacial score (nSPS) is 13.5. The summed E-state index contributed by atoms with van der Waals surface area (Å²) in [5.74, 6) is 0. The molecule has 0 fully saturated rings. The number of benzene rings is 5. The van der Waals surface area contributed by atoms with Crippen molar-refractivity contribution in [2.24, 2.45) is 0 Å². The Morgan fingerprint density at radius 1 is 0.550 bits per heavy atom. The molecule has 1 nitrogen and oxygen atoms in total. The van der Waals surface area contributed by atoms with Crippen molar-refractivity contribution in [3.8, 4) is 22.3 Å². The standard InChI is InChI=1S/C39H33N/c1-26-12-15-30(16-13-26)32-17-20-36-37-21-18-33(35-19-14-27(2)22-28(35)3)25-39(37)40(38(36)24-32)34-11-7-10-31(23-34)29-8-5-4-6-9-29/h4-6,8-9,11-25H,7,10H2,1-3H3. The van der Waals surface area contributed by atoms with Crippen LogP contribution in [-0.2, 0) is 0 Å². The number of aryl methyl sites for hydroxylation is 3. The lowest BCUT2D eigenvalue weighted by Gasteiger charge is -2.18. The van der Waals surface area contributed by atoms with E-state index >= 15 is 0 Å². The SMILES string of the molecule is Cc1ccc(-c2ccc3c4ccc(-c5ccc(C)cc5C)cc4n(C4=CCCC(c5ccccc5)=C4)c3c2)cc1. The van der Waals surface area contributed by atoms with E-state index in [1.807, 2.05) is 0 Å². The van der Waals surface area contributed by atoms with E-state index in [-0.39, 0.29) is 0 Å². The van der Waals surface area contributed by atoms with Crippen molar-refractivity contribution in [2.45, 2.75) is 33.6 Å². The summed E-state index contributed by atoms with van der Waals surface area (Å²) in [6, 6.07) is 40.4. The van der Waals surface area contributed by atoms with Gasteiger partial charge in [-0.15, -0.1) is 0 Å². The van der Waals surface area contributed by atoms with Crippen molar-refractivity contribution in [1.82, 2.24) is 4.57 Å². The topological polar surface area (TPSA) is 4.93 Å². The van der Waals surface area contributed by atoms with Gasteiger partial charge in [-0.3, -0.25) is 0 Å². The first-order chi connectivity index (χ1) is 19.5. The van der Waals surface area contributed by atoms with Crippen molar-refractivity contribution in [2.75, 3.05) is 0 Å². The number of rotatable bonds is 4. The van der Waals surface area contributed by atoms with Gasteiger partial charge in [0.15, 0.2) is 0 Å². The van der Waals surface area contributed by atoms with E-state index in [2.05, 4.69) is 147 Å². The van der Waals surface area contributed by atoms with Crippen LogP contribution in [0.4, 0.5) is 0 Å². The van der Waals surface area contributed by atoms with Crippen LogP contribution in [0.5, 0.6) is 0 Å². The minimum absolute atomic E-state index is 1.03. The van der Waals surface area contributed by atoms with E-state index in [0.29, 0.717) is 0 Å². The molecule has 0 amide bonds. The lowest BCUT2D eigenvalue weighted by Crippen LogP contribution is -2.00. The monoisotopic (exact) mass is 515 g/mol. The average molecular weight is 516 g/mol. The number of nitrogens with zero attached hydrogens (tertiary/aromatic N) is 1. The summed E-state index contributed by atoms with van der Waals surface area (Å²) in [4.78, 5) is 0. The molecule has 0 unspecified atom stereocenters. The second kappa shape index (κ2) is 9.84. The Kier molecular flexibility index (Phi) is 6.01. The van der Waals surface area contributed by atoms with E-state index in [4.69, 9.17) is 0 Å². The third kappa shape index (κ3) is 4.28. The van der Waals surface area contributed by atoms with Crippen LogP contribution in [0, 0.1) is 20.8 Å². The highest BCUT2D eigenvalue weighted by Gasteiger charge is 2.18. The Morgan fingerprint density at radius 3 is 1.93 bits per heavy atom. The maximum Gasteiger partial charge on any atom is 0.0547 e. The Labute approximate surface area is 236 Å². The zero-order valence-electron chi connectivity index (χ0n) is 23.4. The van der Waals surface area contributed by atoms with Gasteiger partial charge in [0.25, 0.3) is 0 Å². The molecule has 40 heavy (non-hydrogen) atoms. The minimum Gasteiger partial charge on any atom is -0.310 e. The number of hydrogen-bond donors (Lipinski definition) is 0. The molecule has 7 rings (SSSR count). The molecule has 194 valence electrons. The van der Waals surface area contributed by atoms with Gasteiger partial charge < -0.3 is 4.57 Å². The number of allylic oxidation sites excluding steroid dienone is 4. The first kappa shape index (κ1) is 24.4. The van der Waals surface area contributed by atoms with Gasteiger partial charge in [0, 0.05) is 16.5 Å². The van der Waals surface area contributed by atoms with Gasteiger partial charge >= 0.3 is 0 Å². The molecule has 0 spiro atoms. The van der Waals surface area contributed by atoms with Gasteiger partial charge in [0.05, 0.1) is 11.0 Å². The molecule has 1 aliphatic carbocycles. The molecule has 0 N–H and O–H groups in total. The van der Waals surface area contributed by atoms with Crippen LogP contribution >= 0.6 is 0 Å². The van der Waals surface area contributed by atoms with Gasteiger partial charge in [0.1, 0.15) is 0 Å². The Bertz CT molecular complexity index is 1950. The molecular formula is C39H33N. The fourth-order valence-corrected chi connectivity index (χ4v) is 6.25. The molecule has 6 aromatic rings. The highest BCUT2D eigenvalue weighted by molar-refractivity contribution is 6.12. The van der Waals surface area contributed by atoms with Gasteiger partial charge in [-0.05, 0) is 90.8 Å². The molecular weight excluding hydrogens is 482 g/mol. The van der Waals surface area contributed by atoms with Crippen molar-refractivity contribution in [3.05, 3.63) is 144 Å². The van der Waals surface area contributed by atoms with Crippen LogP contribution in [0.2, 0.25) is 0 Å². The number of hydrogen-bond acceptors (Lipinski definition) is 0. The predicted octanol–water partition coefficient (Wildman–Crippen LogP) is 10.8. The molecule has 0 bridgehead atoms. The van der Waals surface area contributed by atoms with E-state index in [1.54, 1.807) is 0 Å². The smallest absolute Gasteiger partial charge is 0.0547 e. The fourth-order valence-electron chi connectivity index (χ4n) is 6.25. The molecule has 0 aliphatic heterocycles. The quantitative estimate of drug-likeness (QED) is 0.220. The summed E-state index contributed by atoms with van der Waals surface area (Å²) in [7, 11) is 0. The van der Waals surface area contributed by atoms with Crippen LogP contribution in [0.15, 0.2) is 121 Å². The van der Waals surface area contributed by atoms with Gasteiger partial charge in [-0.25, -0.2) is 0 Å². The molecule has 1 heteroatoms. The van der Waals surface area contributed by atoms with E-state index in [1.165, 1.54) is 77.6 Å². The Balaban J connectivity index is 1.48. The Hall–Kier alpha value is -4.62. The second-order valence-corrected chi connectivity index (χ2v) is 11.2. The predicted molar refractivity (Wildman–Crippen MR) is 172 cm³/mol. The van der Waals surface area contributed by atoms with Crippen LogP contribution in [0.3, 0.4) is 0 Å². The zero-order chi connectivity index (χ0) is 27.2. The van der Waals surface area contributed by atoms with Crippen LogP contribution < -0.4 is 0 Å². The number of aromatic nitrogens is 1. The average Bonchev–Trinajstić information content (AvgIpc) is 3.31. The summed E-state index contributed by atoms with van der Waals surface area (Å²) in [6.07, 6.45) is 6.91. The highest BCUT2D eigenvalue weighted by atomic mass is 15.0. The molecule has 0 atom stereocenters. The summed E-state index contributed by atoms with van der Waals surface area (Å²) in [5.41, 5.74) is 15.4. The second-order valence-electron chi connectivity index (χ2n) is 11.2. The first-order valence-corrected chi connectivity index (χ1v) is 14.2. The summed E-state index contributed by atoms with van der Waals surface area (Å²) >= 11 is 0. The third-order valence-electron chi connectivity index (χ3n) is 8.34. The van der Waals surface area contributed by atoms with E-state index in [0.717, 1.165) is 12.8 Å².